The van der Waals surface area contributed by atoms with E-state index in [1.165, 1.54) is 13.8 Å². The maximum Gasteiger partial charge on any atom is 0.512 e. The lowest BCUT2D eigenvalue weighted by atomic mass is 9.98. The number of fused-ring (bicyclic) bond motifs is 3. The van der Waals surface area contributed by atoms with Gasteiger partial charge in [-0.15, -0.1) is 0 Å². The highest BCUT2D eigenvalue weighted by molar-refractivity contribution is 8.03. The van der Waals surface area contributed by atoms with Crippen LogP contribution in [0, 0.1) is 0 Å². The third-order valence-electron chi connectivity index (χ3n) is 4.21. The van der Waals surface area contributed by atoms with Gasteiger partial charge in [-0.2, -0.15) is 21.6 Å². The molecular weight excluding hydrogens is 451 g/mol. The van der Waals surface area contributed by atoms with Crippen LogP contribution in [0.15, 0.2) is 0 Å². The molecule has 0 saturated carbocycles. The van der Waals surface area contributed by atoms with Crippen molar-refractivity contribution >= 4 is 20.3 Å². The zero-order chi connectivity index (χ0) is 22.1. The molecule has 170 valence electrons. The van der Waals surface area contributed by atoms with Gasteiger partial charge in [0.05, 0.1) is 6.61 Å². The van der Waals surface area contributed by atoms with Crippen LogP contribution in [0.2, 0.25) is 0 Å². The third-order valence-corrected chi connectivity index (χ3v) is 6.94. The van der Waals surface area contributed by atoms with Crippen molar-refractivity contribution in [3.05, 3.63) is 0 Å². The van der Waals surface area contributed by atoms with E-state index in [0.29, 0.717) is 4.13 Å². The van der Waals surface area contributed by atoms with Crippen molar-refractivity contribution in [2.24, 2.45) is 0 Å². The van der Waals surface area contributed by atoms with Gasteiger partial charge in [0.2, 0.25) is 5.79 Å². The van der Waals surface area contributed by atoms with Gasteiger partial charge in [0, 0.05) is 0 Å². The molecule has 3 heterocycles. The summed E-state index contributed by atoms with van der Waals surface area (Å²) in [6, 6.07) is 0. The summed E-state index contributed by atoms with van der Waals surface area (Å²) in [7, 11) is -11.6. The van der Waals surface area contributed by atoms with E-state index in [9.17, 15) is 30.0 Å². The third kappa shape index (κ3) is 4.54. The van der Waals surface area contributed by atoms with Crippen molar-refractivity contribution in [3.8, 4) is 0 Å². The van der Waals surface area contributed by atoms with E-state index >= 15 is 0 Å². The van der Waals surface area contributed by atoms with E-state index in [-0.39, 0.29) is 6.61 Å². The molecule has 3 aliphatic rings. The van der Waals surface area contributed by atoms with Crippen LogP contribution < -0.4 is 4.13 Å². The maximum absolute atomic E-state index is 12.4. The van der Waals surface area contributed by atoms with Gasteiger partial charge >= 0.3 is 25.8 Å². The highest BCUT2D eigenvalue weighted by atomic mass is 32.3. The second-order valence-corrected chi connectivity index (χ2v) is 10.8. The first-order valence-electron chi connectivity index (χ1n) is 8.24. The lowest BCUT2D eigenvalue weighted by molar-refractivity contribution is -0.290. The minimum atomic E-state index is -6.21. The first-order valence-corrected chi connectivity index (χ1v) is 11.1. The molecule has 0 spiro atoms. The fourth-order valence-electron chi connectivity index (χ4n) is 3.31. The van der Waals surface area contributed by atoms with Crippen LogP contribution in [0.4, 0.5) is 13.2 Å². The number of nitrogens with one attached hydrogen (secondary N) is 1. The number of hydrogen-bond donors (Lipinski definition) is 1. The minimum Gasteiger partial charge on any atom is -0.343 e. The SMILES string of the molecule is CC1(C)O[C@@H]2[C@@H](COC3(COS(=O)(=O)NS(=O)(=O)C(F)(F)F)OC(C)(C)O[C@@H]23)O1. The van der Waals surface area contributed by atoms with Gasteiger partial charge in [0.15, 0.2) is 11.6 Å². The highest BCUT2D eigenvalue weighted by Gasteiger charge is 2.66. The Morgan fingerprint density at radius 1 is 1.03 bits per heavy atom. The molecule has 0 bridgehead atoms. The molecule has 3 saturated heterocycles. The molecule has 3 rings (SSSR count). The summed E-state index contributed by atoms with van der Waals surface area (Å²) in [5.41, 5.74) is -5.85. The number of alkyl halides is 3. The Bertz CT molecular complexity index is 872. The first-order chi connectivity index (χ1) is 12.9. The van der Waals surface area contributed by atoms with Gasteiger partial charge in [0.25, 0.3) is 0 Å². The van der Waals surface area contributed by atoms with Crippen molar-refractivity contribution < 1.29 is 57.9 Å². The van der Waals surface area contributed by atoms with Crippen molar-refractivity contribution in [3.63, 3.8) is 0 Å². The summed E-state index contributed by atoms with van der Waals surface area (Å²) >= 11 is 0. The Labute approximate surface area is 165 Å². The quantitative estimate of drug-likeness (QED) is 0.587. The molecule has 3 aliphatic heterocycles. The van der Waals surface area contributed by atoms with Gasteiger partial charge in [-0.1, -0.05) is 4.13 Å². The van der Waals surface area contributed by atoms with Gasteiger partial charge in [-0.3, -0.25) is 4.18 Å². The second kappa shape index (κ2) is 6.70. The van der Waals surface area contributed by atoms with Crippen LogP contribution in [-0.2, 0) is 48.2 Å². The van der Waals surface area contributed by atoms with Crippen LogP contribution in [0.5, 0.6) is 0 Å². The lowest BCUT2D eigenvalue weighted by Gasteiger charge is -2.40. The molecule has 0 aromatic heterocycles. The molecule has 29 heavy (non-hydrogen) atoms. The second-order valence-electron chi connectivity index (χ2n) is 7.55. The predicted molar refractivity (Wildman–Crippen MR) is 85.5 cm³/mol. The summed E-state index contributed by atoms with van der Waals surface area (Å²) in [5.74, 6) is -4.19. The summed E-state index contributed by atoms with van der Waals surface area (Å²) < 4.78 is 116. The highest BCUT2D eigenvalue weighted by Crippen LogP contribution is 2.47. The fourth-order valence-corrected chi connectivity index (χ4v) is 5.28. The lowest BCUT2D eigenvalue weighted by Crippen LogP contribution is -2.61. The minimum absolute atomic E-state index is 0.123. The summed E-state index contributed by atoms with van der Waals surface area (Å²) in [6.45, 7) is 5.14. The van der Waals surface area contributed by atoms with E-state index < -0.39 is 68.1 Å². The van der Waals surface area contributed by atoms with Crippen molar-refractivity contribution in [2.75, 3.05) is 13.2 Å². The molecule has 0 aliphatic carbocycles. The molecule has 3 fully saturated rings. The Morgan fingerprint density at radius 2 is 1.66 bits per heavy atom. The van der Waals surface area contributed by atoms with E-state index in [4.69, 9.17) is 23.7 Å². The summed E-state index contributed by atoms with van der Waals surface area (Å²) in [5, 5.41) is 0. The van der Waals surface area contributed by atoms with Gasteiger partial charge in [0.1, 0.15) is 24.9 Å². The molecule has 16 heteroatoms. The number of rotatable bonds is 5. The molecule has 0 aromatic rings. The molecule has 0 amide bonds. The Balaban J connectivity index is 1.80. The molecule has 0 radical (unpaired) electrons. The van der Waals surface area contributed by atoms with Gasteiger partial charge in [-0.25, -0.2) is 8.42 Å². The van der Waals surface area contributed by atoms with Crippen molar-refractivity contribution in [1.29, 1.82) is 0 Å². The van der Waals surface area contributed by atoms with E-state index in [0.717, 1.165) is 0 Å². The number of halogens is 3. The Kier molecular flexibility index (Phi) is 5.33. The zero-order valence-electron chi connectivity index (χ0n) is 15.7. The first kappa shape index (κ1) is 23.1. The number of hydrogen-bond acceptors (Lipinski definition) is 10. The zero-order valence-corrected chi connectivity index (χ0v) is 17.3. The monoisotopic (exact) mass is 471 g/mol. The van der Waals surface area contributed by atoms with Crippen LogP contribution in [0.1, 0.15) is 27.7 Å². The van der Waals surface area contributed by atoms with Crippen LogP contribution >= 0.6 is 0 Å². The molecule has 0 aromatic carbocycles. The average Bonchev–Trinajstić information content (AvgIpc) is 2.95. The Morgan fingerprint density at radius 3 is 2.24 bits per heavy atom. The Hall–Kier alpha value is -0.590. The standard InChI is InChI=1S/C13H20F3NO10S2/c1-10(2)24-7-5-22-12(9(8(7)25-10)26-11(3,4)27-12)6-23-29(20,21)17-28(18,19)13(14,15)16/h7-9,17H,5-6H2,1-4H3/t7-,8-,9+,12?/m1/s1. The molecule has 1 N–H and O–H groups in total. The summed E-state index contributed by atoms with van der Waals surface area (Å²) in [6.07, 6.45) is -2.42. The average molecular weight is 471 g/mol. The van der Waals surface area contributed by atoms with Crippen molar-refractivity contribution in [2.45, 2.75) is 68.9 Å². The van der Waals surface area contributed by atoms with Crippen LogP contribution in [0.25, 0.3) is 0 Å². The van der Waals surface area contributed by atoms with E-state index in [2.05, 4.69) is 4.18 Å². The maximum atomic E-state index is 12.4. The predicted octanol–water partition coefficient (Wildman–Crippen LogP) is 0.0851. The van der Waals surface area contributed by atoms with Crippen molar-refractivity contribution in [1.82, 2.24) is 4.13 Å². The van der Waals surface area contributed by atoms with Crippen LogP contribution in [-0.4, -0.2) is 71.2 Å². The normalized spacial score (nSPS) is 36.6. The van der Waals surface area contributed by atoms with Crippen LogP contribution in [0.3, 0.4) is 0 Å². The molecule has 4 atom stereocenters. The van der Waals surface area contributed by atoms with E-state index in [1.807, 2.05) is 0 Å². The molecule has 1 unspecified atom stereocenters. The number of ether oxygens (including phenoxy) is 5. The fraction of sp³-hybridized carbons (Fsp3) is 1.00. The van der Waals surface area contributed by atoms with Gasteiger partial charge < -0.3 is 23.7 Å². The number of sulfonamides is 1. The largest absolute Gasteiger partial charge is 0.512 e. The smallest absolute Gasteiger partial charge is 0.343 e. The molecule has 11 nitrogen and oxygen atoms in total. The van der Waals surface area contributed by atoms with E-state index in [1.54, 1.807) is 13.8 Å². The van der Waals surface area contributed by atoms with Gasteiger partial charge in [-0.05, 0) is 27.7 Å². The summed E-state index contributed by atoms with van der Waals surface area (Å²) in [4.78, 5) is 0. The topological polar surface area (TPSA) is 136 Å². The molecular formula is C13H20F3NO10S2.